The molecule has 1 amide bonds. The van der Waals surface area contributed by atoms with E-state index in [2.05, 4.69) is 30.0 Å². The molecule has 0 aliphatic carbocycles. The van der Waals surface area contributed by atoms with Crippen LogP contribution in [0.2, 0.25) is 0 Å². The van der Waals surface area contributed by atoms with Crippen LogP contribution in [0.25, 0.3) is 0 Å². The molecule has 0 N–H and O–H groups in total. The van der Waals surface area contributed by atoms with Gasteiger partial charge in [-0.1, -0.05) is 12.1 Å². The molecule has 0 radical (unpaired) electrons. The highest BCUT2D eigenvalue weighted by molar-refractivity contribution is 5.68. The molecule has 0 bridgehead atoms. The third kappa shape index (κ3) is 4.46. The van der Waals surface area contributed by atoms with Crippen molar-refractivity contribution in [2.75, 3.05) is 32.8 Å². The third-order valence-corrected chi connectivity index (χ3v) is 4.94. The van der Waals surface area contributed by atoms with Gasteiger partial charge in [0, 0.05) is 32.2 Å². The normalized spacial score (nSPS) is 19.8. The second-order valence-electron chi connectivity index (χ2n) is 8.00. The van der Waals surface area contributed by atoms with Crippen LogP contribution in [0.4, 0.5) is 4.79 Å². The minimum absolute atomic E-state index is 0.206. The van der Waals surface area contributed by atoms with Gasteiger partial charge in [-0.05, 0) is 57.7 Å². The zero-order chi connectivity index (χ0) is 18.0. The lowest BCUT2D eigenvalue weighted by Gasteiger charge is -2.38. The molecule has 5 nitrogen and oxygen atoms in total. The van der Waals surface area contributed by atoms with Crippen molar-refractivity contribution in [1.29, 1.82) is 0 Å². The largest absolute Gasteiger partial charge is 0.493 e. The lowest BCUT2D eigenvalue weighted by atomic mass is 10.00. The van der Waals surface area contributed by atoms with E-state index in [0.29, 0.717) is 19.1 Å². The number of nitrogens with zero attached hydrogens (tertiary/aromatic N) is 2. The summed E-state index contributed by atoms with van der Waals surface area (Å²) in [4.78, 5) is 16.4. The molecular formula is C20H30N2O3. The van der Waals surface area contributed by atoms with Crippen molar-refractivity contribution in [3.63, 3.8) is 0 Å². The molecule has 2 aliphatic rings. The van der Waals surface area contributed by atoms with Crippen LogP contribution in [0.3, 0.4) is 0 Å². The van der Waals surface area contributed by atoms with Gasteiger partial charge >= 0.3 is 6.09 Å². The summed E-state index contributed by atoms with van der Waals surface area (Å²) in [5.74, 6) is 1.04. The number of aryl methyl sites for hydroxylation is 1. The maximum absolute atomic E-state index is 12.2. The number of hydrogen-bond donors (Lipinski definition) is 0. The lowest BCUT2D eigenvalue weighted by Crippen LogP contribution is -2.50. The van der Waals surface area contributed by atoms with Crippen molar-refractivity contribution in [3.05, 3.63) is 29.3 Å². The molecule has 1 atom stereocenters. The van der Waals surface area contributed by atoms with Crippen LogP contribution in [0.5, 0.6) is 5.75 Å². The average molecular weight is 346 g/mol. The molecule has 0 spiro atoms. The first-order chi connectivity index (χ1) is 11.8. The maximum Gasteiger partial charge on any atom is 0.410 e. The van der Waals surface area contributed by atoms with E-state index in [1.807, 2.05) is 25.7 Å². The summed E-state index contributed by atoms with van der Waals surface area (Å²) in [6.07, 6.45) is 2.01. The SMILES string of the molecule is CC(c1ccc2c(c1)OCCC2)N1CCN(C(=O)OC(C)(C)C)CC1. The van der Waals surface area contributed by atoms with Crippen LogP contribution in [-0.2, 0) is 11.2 Å². The number of piperazine rings is 1. The van der Waals surface area contributed by atoms with Gasteiger partial charge in [0.25, 0.3) is 0 Å². The van der Waals surface area contributed by atoms with Gasteiger partial charge in [-0.3, -0.25) is 4.90 Å². The van der Waals surface area contributed by atoms with Crippen molar-refractivity contribution in [1.82, 2.24) is 9.80 Å². The quantitative estimate of drug-likeness (QED) is 0.820. The predicted molar refractivity (Wildman–Crippen MR) is 98.1 cm³/mol. The Morgan fingerprint density at radius 1 is 1.20 bits per heavy atom. The van der Waals surface area contributed by atoms with Gasteiger partial charge < -0.3 is 14.4 Å². The Labute approximate surface area is 150 Å². The highest BCUT2D eigenvalue weighted by Gasteiger charge is 2.28. The second-order valence-corrected chi connectivity index (χ2v) is 8.00. The minimum Gasteiger partial charge on any atom is -0.493 e. The fourth-order valence-electron chi connectivity index (χ4n) is 3.45. The number of carbonyl (C=O) groups excluding carboxylic acids is 1. The van der Waals surface area contributed by atoms with Gasteiger partial charge in [0.15, 0.2) is 0 Å². The number of rotatable bonds is 2. The van der Waals surface area contributed by atoms with Crippen LogP contribution in [0, 0.1) is 0 Å². The Bertz CT molecular complexity index is 616. The molecule has 0 saturated carbocycles. The minimum atomic E-state index is -0.440. The summed E-state index contributed by atoms with van der Waals surface area (Å²) >= 11 is 0. The van der Waals surface area contributed by atoms with Gasteiger partial charge in [-0.15, -0.1) is 0 Å². The Balaban J connectivity index is 1.58. The Kier molecular flexibility index (Phi) is 5.23. The van der Waals surface area contributed by atoms with E-state index < -0.39 is 5.60 Å². The Morgan fingerprint density at radius 3 is 2.60 bits per heavy atom. The molecule has 138 valence electrons. The number of benzene rings is 1. The molecule has 3 rings (SSSR count). The highest BCUT2D eigenvalue weighted by atomic mass is 16.6. The predicted octanol–water partition coefficient (Wildman–Crippen LogP) is 3.63. The number of hydrogen-bond acceptors (Lipinski definition) is 4. The first kappa shape index (κ1) is 18.1. The second kappa shape index (κ2) is 7.24. The van der Waals surface area contributed by atoms with Crippen molar-refractivity contribution in [2.24, 2.45) is 0 Å². The summed E-state index contributed by atoms with van der Waals surface area (Å²) in [5, 5.41) is 0. The molecule has 1 fully saturated rings. The number of carbonyl (C=O) groups is 1. The monoisotopic (exact) mass is 346 g/mol. The highest BCUT2D eigenvalue weighted by Crippen LogP contribution is 2.30. The number of amides is 1. The molecule has 2 aliphatic heterocycles. The van der Waals surface area contributed by atoms with E-state index in [9.17, 15) is 4.79 Å². The summed E-state index contributed by atoms with van der Waals surface area (Å²) in [7, 11) is 0. The molecular weight excluding hydrogens is 316 g/mol. The summed E-state index contributed by atoms with van der Waals surface area (Å²) in [5.41, 5.74) is 2.16. The number of fused-ring (bicyclic) bond motifs is 1. The van der Waals surface area contributed by atoms with Crippen LogP contribution in [0.15, 0.2) is 18.2 Å². The fourth-order valence-corrected chi connectivity index (χ4v) is 3.45. The maximum atomic E-state index is 12.2. The zero-order valence-corrected chi connectivity index (χ0v) is 15.9. The molecule has 1 saturated heterocycles. The lowest BCUT2D eigenvalue weighted by molar-refractivity contribution is 0.0110. The van der Waals surface area contributed by atoms with Crippen molar-refractivity contribution in [3.8, 4) is 5.75 Å². The van der Waals surface area contributed by atoms with Crippen molar-refractivity contribution in [2.45, 2.75) is 52.2 Å². The van der Waals surface area contributed by atoms with Crippen LogP contribution < -0.4 is 4.74 Å². The smallest absolute Gasteiger partial charge is 0.410 e. The molecule has 1 aromatic rings. The van der Waals surface area contributed by atoms with Crippen LogP contribution in [-0.4, -0.2) is 54.3 Å². The summed E-state index contributed by atoms with van der Waals surface area (Å²) in [6, 6.07) is 6.94. The fraction of sp³-hybridized carbons (Fsp3) is 0.650. The van der Waals surface area contributed by atoms with Gasteiger partial charge in [-0.2, -0.15) is 0 Å². The molecule has 1 aromatic carbocycles. The average Bonchev–Trinajstić information content (AvgIpc) is 2.59. The standard InChI is InChI=1S/C20H30N2O3/c1-15(17-8-7-16-6-5-13-24-18(16)14-17)21-9-11-22(12-10-21)19(23)25-20(2,3)4/h7-8,14-15H,5-6,9-13H2,1-4H3. The summed E-state index contributed by atoms with van der Waals surface area (Å²) < 4.78 is 11.3. The molecule has 2 heterocycles. The topological polar surface area (TPSA) is 42.0 Å². The van der Waals surface area contributed by atoms with Crippen molar-refractivity contribution >= 4 is 6.09 Å². The van der Waals surface area contributed by atoms with E-state index in [1.54, 1.807) is 0 Å². The molecule has 0 aromatic heterocycles. The van der Waals surface area contributed by atoms with Crippen LogP contribution >= 0.6 is 0 Å². The molecule has 1 unspecified atom stereocenters. The molecule has 5 heteroatoms. The van der Waals surface area contributed by atoms with E-state index in [-0.39, 0.29) is 6.09 Å². The molecule has 25 heavy (non-hydrogen) atoms. The van der Waals surface area contributed by atoms with E-state index >= 15 is 0 Å². The summed E-state index contributed by atoms with van der Waals surface area (Å²) in [6.45, 7) is 11.9. The van der Waals surface area contributed by atoms with E-state index in [1.165, 1.54) is 11.1 Å². The van der Waals surface area contributed by atoms with E-state index in [4.69, 9.17) is 9.47 Å². The first-order valence-corrected chi connectivity index (χ1v) is 9.31. The number of ether oxygens (including phenoxy) is 2. The van der Waals surface area contributed by atoms with Gasteiger partial charge in [0.05, 0.1) is 6.61 Å². The third-order valence-electron chi connectivity index (χ3n) is 4.94. The Hall–Kier alpha value is -1.75. The zero-order valence-electron chi connectivity index (χ0n) is 15.9. The van der Waals surface area contributed by atoms with Gasteiger partial charge in [0.1, 0.15) is 11.4 Å². The first-order valence-electron chi connectivity index (χ1n) is 9.31. The Morgan fingerprint density at radius 2 is 1.92 bits per heavy atom. The van der Waals surface area contributed by atoms with Gasteiger partial charge in [0.2, 0.25) is 0 Å². The van der Waals surface area contributed by atoms with Gasteiger partial charge in [-0.25, -0.2) is 4.79 Å². The van der Waals surface area contributed by atoms with Crippen LogP contribution in [0.1, 0.15) is 51.3 Å². The van der Waals surface area contributed by atoms with E-state index in [0.717, 1.165) is 38.3 Å². The van der Waals surface area contributed by atoms with Crippen molar-refractivity contribution < 1.29 is 14.3 Å².